The first-order valence-corrected chi connectivity index (χ1v) is 6.50. The molecule has 1 saturated heterocycles. The standard InChI is InChI=1S/C13H25NO/c1-3-12(2,11-15)14-9-13(10-14)7-5-4-6-8-13/h15H,3-11H2,1-2H3. The van der Waals surface area contributed by atoms with E-state index in [0.717, 1.165) is 6.42 Å². The van der Waals surface area contributed by atoms with Gasteiger partial charge >= 0.3 is 0 Å². The first-order valence-electron chi connectivity index (χ1n) is 6.50. The molecule has 15 heavy (non-hydrogen) atoms. The molecular formula is C13H25NO. The van der Waals surface area contributed by atoms with E-state index < -0.39 is 0 Å². The maximum atomic E-state index is 9.47. The fourth-order valence-corrected chi connectivity index (χ4v) is 3.20. The third-order valence-corrected chi connectivity index (χ3v) is 4.83. The van der Waals surface area contributed by atoms with Crippen molar-refractivity contribution in [2.24, 2.45) is 5.41 Å². The third kappa shape index (κ3) is 1.94. The van der Waals surface area contributed by atoms with Crippen molar-refractivity contribution in [3.05, 3.63) is 0 Å². The van der Waals surface area contributed by atoms with Gasteiger partial charge < -0.3 is 5.11 Å². The Hall–Kier alpha value is -0.0800. The largest absolute Gasteiger partial charge is 0.394 e. The Morgan fingerprint density at radius 2 is 1.80 bits per heavy atom. The van der Waals surface area contributed by atoms with E-state index in [1.165, 1.54) is 45.2 Å². The maximum absolute atomic E-state index is 9.47. The van der Waals surface area contributed by atoms with Gasteiger partial charge in [-0.05, 0) is 31.6 Å². The zero-order valence-corrected chi connectivity index (χ0v) is 10.3. The highest BCUT2D eigenvalue weighted by atomic mass is 16.3. The van der Waals surface area contributed by atoms with Gasteiger partial charge in [-0.2, -0.15) is 0 Å². The summed E-state index contributed by atoms with van der Waals surface area (Å²) in [4.78, 5) is 2.50. The lowest BCUT2D eigenvalue weighted by atomic mass is 9.67. The molecule has 1 aliphatic carbocycles. The number of nitrogens with zero attached hydrogens (tertiary/aromatic N) is 1. The van der Waals surface area contributed by atoms with Gasteiger partial charge in [0.25, 0.3) is 0 Å². The molecule has 0 aromatic rings. The van der Waals surface area contributed by atoms with Crippen LogP contribution in [0.25, 0.3) is 0 Å². The lowest BCUT2D eigenvalue weighted by molar-refractivity contribution is -0.107. The maximum Gasteiger partial charge on any atom is 0.0612 e. The number of aliphatic hydroxyl groups excluding tert-OH is 1. The second-order valence-corrected chi connectivity index (χ2v) is 5.93. The van der Waals surface area contributed by atoms with Crippen LogP contribution >= 0.6 is 0 Å². The molecule has 0 radical (unpaired) electrons. The van der Waals surface area contributed by atoms with E-state index in [-0.39, 0.29) is 5.54 Å². The minimum atomic E-state index is 0.0443. The minimum absolute atomic E-state index is 0.0443. The Bertz CT molecular complexity index is 209. The van der Waals surface area contributed by atoms with Gasteiger partial charge in [0, 0.05) is 18.6 Å². The molecule has 1 spiro atoms. The van der Waals surface area contributed by atoms with Gasteiger partial charge in [-0.15, -0.1) is 0 Å². The molecule has 0 amide bonds. The van der Waals surface area contributed by atoms with Crippen LogP contribution in [0.4, 0.5) is 0 Å². The van der Waals surface area contributed by atoms with E-state index in [1.807, 2.05) is 0 Å². The van der Waals surface area contributed by atoms with Crippen LogP contribution in [0.1, 0.15) is 52.4 Å². The number of aliphatic hydroxyl groups is 1. The van der Waals surface area contributed by atoms with Crippen LogP contribution in [-0.2, 0) is 0 Å². The lowest BCUT2D eigenvalue weighted by Gasteiger charge is -2.58. The fourth-order valence-electron chi connectivity index (χ4n) is 3.20. The lowest BCUT2D eigenvalue weighted by Crippen LogP contribution is -2.65. The SMILES string of the molecule is CCC(C)(CO)N1CC2(CCCCC2)C1. The van der Waals surface area contributed by atoms with E-state index >= 15 is 0 Å². The van der Waals surface area contributed by atoms with Crippen LogP contribution in [0.2, 0.25) is 0 Å². The van der Waals surface area contributed by atoms with E-state index in [9.17, 15) is 5.11 Å². The highest BCUT2D eigenvalue weighted by molar-refractivity contribution is 5.02. The fraction of sp³-hybridized carbons (Fsp3) is 1.00. The molecule has 2 aliphatic rings. The quantitative estimate of drug-likeness (QED) is 0.775. The smallest absolute Gasteiger partial charge is 0.0612 e. The number of likely N-dealkylation sites (tertiary alicyclic amines) is 1. The zero-order valence-electron chi connectivity index (χ0n) is 10.3. The molecule has 2 heteroatoms. The predicted octanol–water partition coefficient (Wildman–Crippen LogP) is 2.41. The Kier molecular flexibility index (Phi) is 3.09. The number of hydrogen-bond donors (Lipinski definition) is 1. The first kappa shape index (κ1) is 11.4. The van der Waals surface area contributed by atoms with Gasteiger partial charge in [-0.3, -0.25) is 4.90 Å². The van der Waals surface area contributed by atoms with Crippen LogP contribution in [-0.4, -0.2) is 35.2 Å². The average molecular weight is 211 g/mol. The summed E-state index contributed by atoms with van der Waals surface area (Å²) in [6.07, 6.45) is 8.20. The van der Waals surface area contributed by atoms with Crippen molar-refractivity contribution in [1.82, 2.24) is 4.90 Å². The molecule has 1 atom stereocenters. The first-order chi connectivity index (χ1) is 7.14. The van der Waals surface area contributed by atoms with E-state index in [0.29, 0.717) is 12.0 Å². The second-order valence-electron chi connectivity index (χ2n) is 5.93. The van der Waals surface area contributed by atoms with Crippen molar-refractivity contribution in [3.63, 3.8) is 0 Å². The monoisotopic (exact) mass is 211 g/mol. The van der Waals surface area contributed by atoms with Crippen molar-refractivity contribution < 1.29 is 5.11 Å². The normalized spacial score (nSPS) is 29.8. The van der Waals surface area contributed by atoms with Crippen LogP contribution in [0, 0.1) is 5.41 Å². The van der Waals surface area contributed by atoms with Crippen molar-refractivity contribution in [1.29, 1.82) is 0 Å². The van der Waals surface area contributed by atoms with Crippen molar-refractivity contribution >= 4 is 0 Å². The molecule has 2 rings (SSSR count). The van der Waals surface area contributed by atoms with Crippen molar-refractivity contribution in [2.45, 2.75) is 57.9 Å². The van der Waals surface area contributed by atoms with E-state index in [1.54, 1.807) is 0 Å². The van der Waals surface area contributed by atoms with Gasteiger partial charge in [-0.1, -0.05) is 26.2 Å². The van der Waals surface area contributed by atoms with E-state index in [4.69, 9.17) is 0 Å². The van der Waals surface area contributed by atoms with Gasteiger partial charge in [0.05, 0.1) is 6.61 Å². The summed E-state index contributed by atoms with van der Waals surface area (Å²) in [6, 6.07) is 0. The Labute approximate surface area is 93.7 Å². The van der Waals surface area contributed by atoms with Crippen molar-refractivity contribution in [2.75, 3.05) is 19.7 Å². The van der Waals surface area contributed by atoms with Gasteiger partial charge in [0.2, 0.25) is 0 Å². The molecule has 1 heterocycles. The summed E-state index contributed by atoms with van der Waals surface area (Å²) in [5.74, 6) is 0. The molecule has 1 N–H and O–H groups in total. The summed E-state index contributed by atoms with van der Waals surface area (Å²) < 4.78 is 0. The van der Waals surface area contributed by atoms with Crippen LogP contribution < -0.4 is 0 Å². The highest BCUT2D eigenvalue weighted by Gasteiger charge is 2.48. The van der Waals surface area contributed by atoms with Crippen LogP contribution in [0.3, 0.4) is 0 Å². The van der Waals surface area contributed by atoms with Crippen LogP contribution in [0.5, 0.6) is 0 Å². The minimum Gasteiger partial charge on any atom is -0.394 e. The number of rotatable bonds is 3. The van der Waals surface area contributed by atoms with Gasteiger partial charge in [-0.25, -0.2) is 0 Å². The molecule has 0 aromatic carbocycles. The molecule has 0 bridgehead atoms. The van der Waals surface area contributed by atoms with Crippen LogP contribution in [0.15, 0.2) is 0 Å². The van der Waals surface area contributed by atoms with Gasteiger partial charge in [0.15, 0.2) is 0 Å². The molecule has 0 aromatic heterocycles. The highest BCUT2D eigenvalue weighted by Crippen LogP contribution is 2.46. The third-order valence-electron chi connectivity index (χ3n) is 4.83. The molecular weight excluding hydrogens is 186 g/mol. The molecule has 1 unspecified atom stereocenters. The Morgan fingerprint density at radius 1 is 1.20 bits per heavy atom. The second kappa shape index (κ2) is 4.06. The molecule has 2 nitrogen and oxygen atoms in total. The Morgan fingerprint density at radius 3 is 2.27 bits per heavy atom. The Balaban J connectivity index is 1.91. The molecule has 1 saturated carbocycles. The predicted molar refractivity (Wildman–Crippen MR) is 62.9 cm³/mol. The molecule has 88 valence electrons. The summed E-state index contributed by atoms with van der Waals surface area (Å²) in [6.45, 7) is 7.15. The summed E-state index contributed by atoms with van der Waals surface area (Å²) >= 11 is 0. The number of hydrogen-bond acceptors (Lipinski definition) is 2. The summed E-state index contributed by atoms with van der Waals surface area (Å²) in [5, 5.41) is 9.47. The zero-order chi connectivity index (χ0) is 10.9. The summed E-state index contributed by atoms with van der Waals surface area (Å²) in [7, 11) is 0. The van der Waals surface area contributed by atoms with Gasteiger partial charge in [0.1, 0.15) is 0 Å². The average Bonchev–Trinajstić information content (AvgIpc) is 2.26. The molecule has 1 aliphatic heterocycles. The van der Waals surface area contributed by atoms with E-state index in [2.05, 4.69) is 18.7 Å². The van der Waals surface area contributed by atoms with Crippen molar-refractivity contribution in [3.8, 4) is 0 Å². The topological polar surface area (TPSA) is 23.5 Å². The summed E-state index contributed by atoms with van der Waals surface area (Å²) in [5.41, 5.74) is 0.687. The molecule has 2 fully saturated rings.